The highest BCUT2D eigenvalue weighted by Crippen LogP contribution is 2.55. The molecule has 0 radical (unpaired) electrons. The first-order chi connectivity index (χ1) is 43.1. The Hall–Kier alpha value is -11.5. The third kappa shape index (κ3) is 5.51. The van der Waals surface area contributed by atoms with Gasteiger partial charge in [-0.1, -0.05) is 158 Å². The molecule has 0 fully saturated rings. The molecule has 0 amide bonds. The van der Waals surface area contributed by atoms with Crippen LogP contribution in [0.1, 0.15) is 5.56 Å². The van der Waals surface area contributed by atoms with Gasteiger partial charge in [0.1, 0.15) is 45.8 Å². The van der Waals surface area contributed by atoms with Gasteiger partial charge >= 0.3 is 0 Å². The molecule has 9 nitrogen and oxygen atoms in total. The van der Waals surface area contributed by atoms with Crippen molar-refractivity contribution in [2.45, 2.75) is 0 Å². The molecule has 0 spiro atoms. The Balaban J connectivity index is 0.817. The molecular weight excluding hydrogens is 1060 g/mol. The number of anilines is 12. The Kier molecular flexibility index (Phi) is 8.56. The fourth-order valence-corrected chi connectivity index (χ4v) is 16.8. The SMILES string of the molecule is [C-]#[N+]c1c2c3c4c5c1N(c1ccccc1)c1ccccc1B5c1ccccc1N4c1ccccc1B3c1cc3c(cc1O2)oc1cc2c(cc13)B1c3ccccc3N3c4ccccc4B4c5ccccc5N(c5ccccc5)c5c(C#N)c(c1c3c54)O2. The number of furan rings is 1. The van der Waals surface area contributed by atoms with Crippen LogP contribution in [0.2, 0.25) is 0 Å². The molecule has 0 bridgehead atoms. The van der Waals surface area contributed by atoms with Crippen molar-refractivity contribution < 1.29 is 13.9 Å². The smallest absolute Gasteiger partial charge is 0.256 e. The highest BCUT2D eigenvalue weighted by atomic mass is 16.5. The zero-order chi connectivity index (χ0) is 56.7. The Morgan fingerprint density at radius 2 is 0.701 bits per heavy atom. The molecule has 0 aliphatic carbocycles. The van der Waals surface area contributed by atoms with E-state index in [9.17, 15) is 11.8 Å². The number of hydrogen-bond donors (Lipinski definition) is 0. The highest BCUT2D eigenvalue weighted by molar-refractivity contribution is 7.06. The molecule has 8 aliphatic heterocycles. The second-order valence-corrected chi connectivity index (χ2v) is 23.8. The molecule has 0 unspecified atom stereocenters. The van der Waals surface area contributed by atoms with Crippen LogP contribution >= 0.6 is 0 Å². The maximum Gasteiger partial charge on any atom is 0.256 e. The van der Waals surface area contributed by atoms with Gasteiger partial charge in [0.25, 0.3) is 25.8 Å². The zero-order valence-corrected chi connectivity index (χ0v) is 46.2. The Morgan fingerprint density at radius 3 is 1.11 bits per heavy atom. The van der Waals surface area contributed by atoms with Gasteiger partial charge in [0, 0.05) is 79.8 Å². The highest BCUT2D eigenvalue weighted by Gasteiger charge is 2.55. The Labute approximate surface area is 500 Å². The van der Waals surface area contributed by atoms with Crippen LogP contribution < -0.4 is 94.6 Å². The van der Waals surface area contributed by atoms with Gasteiger partial charge in [-0.25, -0.2) is 4.85 Å². The van der Waals surface area contributed by atoms with Gasteiger partial charge in [-0.3, -0.25) is 0 Å². The quantitative estimate of drug-likeness (QED) is 0.125. The average Bonchev–Trinajstić information content (AvgIpc) is 1.04. The third-order valence-corrected chi connectivity index (χ3v) is 19.9. The van der Waals surface area contributed by atoms with Crippen LogP contribution in [-0.4, -0.2) is 26.9 Å². The number of para-hydroxylation sites is 8. The van der Waals surface area contributed by atoms with Crippen molar-refractivity contribution in [3.63, 3.8) is 0 Å². The van der Waals surface area contributed by atoms with Gasteiger partial charge in [-0.2, -0.15) is 5.26 Å². The molecule has 12 aromatic carbocycles. The van der Waals surface area contributed by atoms with Crippen molar-refractivity contribution in [1.82, 2.24) is 0 Å². The van der Waals surface area contributed by atoms with Crippen molar-refractivity contribution in [3.05, 3.63) is 248 Å². The molecule has 87 heavy (non-hydrogen) atoms. The van der Waals surface area contributed by atoms with Gasteiger partial charge in [0.05, 0.1) is 17.9 Å². The molecule has 0 saturated heterocycles. The first-order valence-electron chi connectivity index (χ1n) is 29.6. The van der Waals surface area contributed by atoms with Crippen molar-refractivity contribution in [1.29, 1.82) is 5.26 Å². The largest absolute Gasteiger partial charge is 0.469 e. The molecule has 394 valence electrons. The van der Waals surface area contributed by atoms with Crippen LogP contribution in [0.15, 0.2) is 235 Å². The van der Waals surface area contributed by atoms with E-state index in [-0.39, 0.29) is 26.9 Å². The van der Waals surface area contributed by atoms with Gasteiger partial charge in [-0.15, -0.1) is 0 Å². The second kappa shape index (κ2) is 16.2. The Bertz CT molecular complexity index is 5130. The number of benzene rings is 12. The summed E-state index contributed by atoms with van der Waals surface area (Å²) in [5.74, 6) is 2.41. The van der Waals surface area contributed by atoms with E-state index in [0.29, 0.717) is 45.4 Å². The molecule has 8 aliphatic rings. The normalized spacial score (nSPS) is 14.4. The predicted molar refractivity (Wildman–Crippen MR) is 355 cm³/mol. The molecule has 1 aromatic heterocycles. The number of nitriles is 1. The fraction of sp³-hybridized carbons (Fsp3) is 0. The fourth-order valence-electron chi connectivity index (χ4n) is 16.8. The lowest BCUT2D eigenvalue weighted by Crippen LogP contribution is -2.68. The third-order valence-electron chi connectivity index (χ3n) is 19.9. The van der Waals surface area contributed by atoms with E-state index in [1.807, 2.05) is 24.3 Å². The van der Waals surface area contributed by atoms with E-state index in [2.05, 4.69) is 237 Å². The van der Waals surface area contributed by atoms with Crippen molar-refractivity contribution in [3.8, 4) is 29.1 Å². The number of fused-ring (bicyclic) bond motifs is 23. The second-order valence-electron chi connectivity index (χ2n) is 23.8. The topological polar surface area (TPSA) is 72.7 Å². The number of nitrogens with zero attached hydrogens (tertiary/aromatic N) is 6. The molecule has 21 rings (SSSR count). The summed E-state index contributed by atoms with van der Waals surface area (Å²) < 4.78 is 21.9. The summed E-state index contributed by atoms with van der Waals surface area (Å²) in [6.07, 6.45) is 0. The van der Waals surface area contributed by atoms with E-state index in [4.69, 9.17) is 13.9 Å². The van der Waals surface area contributed by atoms with E-state index in [0.717, 1.165) is 123 Å². The van der Waals surface area contributed by atoms with E-state index < -0.39 is 0 Å². The van der Waals surface area contributed by atoms with E-state index in [1.165, 1.54) is 21.9 Å². The minimum atomic E-state index is -0.307. The van der Waals surface area contributed by atoms with E-state index >= 15 is 0 Å². The molecule has 0 saturated carbocycles. The van der Waals surface area contributed by atoms with Crippen LogP contribution in [0.4, 0.5) is 73.9 Å². The van der Waals surface area contributed by atoms with Crippen molar-refractivity contribution in [2.24, 2.45) is 0 Å². The van der Waals surface area contributed by atoms with Gasteiger partial charge in [-0.05, 0) is 126 Å². The first kappa shape index (κ1) is 45.9. The lowest BCUT2D eigenvalue weighted by atomic mass is 9.29. The predicted octanol–water partition coefficient (Wildman–Crippen LogP) is 10.0. The summed E-state index contributed by atoms with van der Waals surface area (Å²) in [5, 5.41) is 13.8. The number of rotatable bonds is 2. The number of hydrogen-bond acceptors (Lipinski definition) is 8. The van der Waals surface area contributed by atoms with Crippen LogP contribution in [0, 0.1) is 17.9 Å². The minimum Gasteiger partial charge on any atom is -0.469 e. The number of ether oxygens (including phenoxy) is 2. The minimum absolute atomic E-state index is 0.156. The summed E-state index contributed by atoms with van der Waals surface area (Å²) in [6, 6.07) is 84.9. The van der Waals surface area contributed by atoms with Gasteiger partial charge in [0.15, 0.2) is 0 Å². The van der Waals surface area contributed by atoms with Crippen LogP contribution in [0.5, 0.6) is 23.0 Å². The van der Waals surface area contributed by atoms with Crippen LogP contribution in [0.3, 0.4) is 0 Å². The molecule has 0 N–H and O–H groups in total. The standard InChI is InChI=1S/C74H38B4N6O3/c1-80-68-72-65-71-67-74(68)87-63-39-61-44(37-53(63)78(67)51-29-13-19-35-59(51)84(71)57-33-17-11-27-49(57)76(65)47-25-9-15-31-55(47)82(72)42-22-6-3-7-23-42)43-36-52-62(38-60(43)85-61)86-73-45(40-79)69-64-70-66(73)77(52)50-28-12-18-34-58(50)83(70)56-32-16-10-26-48(56)75(64)46-24-8-14-30-54(46)81(69)41-20-4-2-5-21-41/h2-39H. The van der Waals surface area contributed by atoms with E-state index in [1.54, 1.807) is 0 Å². The van der Waals surface area contributed by atoms with Crippen molar-refractivity contribution >= 4 is 188 Å². The monoisotopic (exact) mass is 1100 g/mol. The van der Waals surface area contributed by atoms with Crippen LogP contribution in [-0.2, 0) is 0 Å². The summed E-state index contributed by atoms with van der Waals surface area (Å²) in [5.41, 5.74) is 27.7. The average molecular weight is 1100 g/mol. The van der Waals surface area contributed by atoms with Crippen molar-refractivity contribution in [2.75, 3.05) is 19.6 Å². The zero-order valence-electron chi connectivity index (χ0n) is 46.2. The molecular formula is C74H38B4N6O3. The molecule has 9 heterocycles. The Morgan fingerprint density at radius 1 is 0.356 bits per heavy atom. The molecule has 13 heteroatoms. The maximum absolute atomic E-state index is 11.9. The summed E-state index contributed by atoms with van der Waals surface area (Å²) >= 11 is 0. The van der Waals surface area contributed by atoms with Gasteiger partial charge in [0.2, 0.25) is 6.71 Å². The first-order valence-corrected chi connectivity index (χ1v) is 29.6. The maximum atomic E-state index is 11.9. The lowest BCUT2D eigenvalue weighted by molar-refractivity contribution is 0.485. The van der Waals surface area contributed by atoms with Gasteiger partial charge < -0.3 is 33.5 Å². The lowest BCUT2D eigenvalue weighted by Gasteiger charge is -2.49. The molecule has 13 aromatic rings. The molecule has 0 atom stereocenters. The summed E-state index contributed by atoms with van der Waals surface area (Å²) in [4.78, 5) is 14.0. The van der Waals surface area contributed by atoms with Crippen LogP contribution in [0.25, 0.3) is 26.8 Å². The summed E-state index contributed by atoms with van der Waals surface area (Å²) in [6.45, 7) is 8.34. The summed E-state index contributed by atoms with van der Waals surface area (Å²) in [7, 11) is 0.